The van der Waals surface area contributed by atoms with E-state index >= 15 is 0 Å². The van der Waals surface area contributed by atoms with Crippen LogP contribution in [0, 0.1) is 5.92 Å². The van der Waals surface area contributed by atoms with Crippen molar-refractivity contribution in [1.29, 1.82) is 0 Å². The molecule has 0 amide bonds. The van der Waals surface area contributed by atoms with Crippen LogP contribution in [-0.4, -0.2) is 12.5 Å². The molecule has 1 fully saturated rings. The number of esters is 1. The molecule has 0 spiro atoms. The van der Waals surface area contributed by atoms with E-state index < -0.39 is 0 Å². The van der Waals surface area contributed by atoms with E-state index in [-0.39, 0.29) is 12.5 Å². The Labute approximate surface area is 71.6 Å². The monoisotopic (exact) mass is 167 g/mol. The van der Waals surface area contributed by atoms with Crippen LogP contribution < -0.4 is 5.73 Å². The van der Waals surface area contributed by atoms with Crippen LogP contribution in [0.1, 0.15) is 25.7 Å². The van der Waals surface area contributed by atoms with Crippen LogP contribution in [0.15, 0.2) is 11.3 Å². The molecule has 0 aliphatic heterocycles. The highest BCUT2D eigenvalue weighted by atomic mass is 16.5. The van der Waals surface area contributed by atoms with Crippen molar-refractivity contribution in [3.63, 3.8) is 0 Å². The number of nitrogens with two attached hydrogens (primary N) is 1. The molecule has 0 radical (unpaired) electrons. The van der Waals surface area contributed by atoms with Crippen LogP contribution in [0.2, 0.25) is 0 Å². The zero-order chi connectivity index (χ0) is 8.55. The summed E-state index contributed by atoms with van der Waals surface area (Å²) in [6, 6.07) is 0. The number of allylic oxidation sites excluding steroid dienone is 2. The summed E-state index contributed by atoms with van der Waals surface area (Å²) < 4.78 is 5.11. The normalized spacial score (nSPS) is 26.6. The molecule has 0 aromatic carbocycles. The Morgan fingerprint density at radius 1 is 1.58 bits per heavy atom. The topological polar surface area (TPSA) is 52.3 Å². The number of hydrogen-bond acceptors (Lipinski definition) is 3. The Morgan fingerprint density at radius 3 is 2.92 bits per heavy atom. The summed E-state index contributed by atoms with van der Waals surface area (Å²) in [6.45, 7) is -0.0125. The number of carbonyl (C=O) groups is 1. The van der Waals surface area contributed by atoms with E-state index in [4.69, 9.17) is 10.5 Å². The maximum absolute atomic E-state index is 10.9. The number of carbonyl (C=O) groups excluding carboxylic acids is 1. The Morgan fingerprint density at radius 2 is 2.42 bits per heavy atom. The molecular weight excluding hydrogens is 154 g/mol. The van der Waals surface area contributed by atoms with Crippen molar-refractivity contribution in [2.45, 2.75) is 25.7 Å². The van der Waals surface area contributed by atoms with Crippen LogP contribution in [-0.2, 0) is 9.53 Å². The Balaban J connectivity index is 2.01. The van der Waals surface area contributed by atoms with Crippen LogP contribution in [0.4, 0.5) is 0 Å². The summed E-state index contributed by atoms with van der Waals surface area (Å²) in [5.74, 6) is 1.37. The molecule has 0 aromatic heterocycles. The van der Waals surface area contributed by atoms with E-state index in [1.54, 1.807) is 0 Å². The van der Waals surface area contributed by atoms with E-state index in [1.165, 1.54) is 12.0 Å². The Hall–Kier alpha value is -0.830. The van der Waals surface area contributed by atoms with Crippen molar-refractivity contribution in [3.05, 3.63) is 11.3 Å². The van der Waals surface area contributed by atoms with Crippen LogP contribution >= 0.6 is 0 Å². The van der Waals surface area contributed by atoms with Crippen molar-refractivity contribution in [1.82, 2.24) is 0 Å². The third-order valence-corrected chi connectivity index (χ3v) is 2.66. The molecule has 2 rings (SSSR count). The molecule has 0 heterocycles. The van der Waals surface area contributed by atoms with Gasteiger partial charge < -0.3 is 10.5 Å². The number of ether oxygens (including phenoxy) is 1. The molecule has 3 heteroatoms. The fourth-order valence-electron chi connectivity index (χ4n) is 2.06. The minimum atomic E-state index is -0.301. The molecule has 2 N–H and O–H groups in total. The molecular formula is C9H13NO2. The van der Waals surface area contributed by atoms with Crippen molar-refractivity contribution in [2.24, 2.45) is 11.7 Å². The van der Waals surface area contributed by atoms with Gasteiger partial charge in [-0.15, -0.1) is 0 Å². The fourth-order valence-corrected chi connectivity index (χ4v) is 2.06. The van der Waals surface area contributed by atoms with Gasteiger partial charge >= 0.3 is 5.97 Å². The first-order valence-electron chi connectivity index (χ1n) is 4.41. The second-order valence-corrected chi connectivity index (χ2v) is 3.52. The standard InChI is InChI=1S/C9H13NO2/c10-5-9(11)12-8-4-6-1-2-7(8)3-6/h6H,1-5,10H2. The van der Waals surface area contributed by atoms with Gasteiger partial charge in [0.15, 0.2) is 0 Å². The molecule has 1 atom stereocenters. The lowest BCUT2D eigenvalue weighted by atomic mass is 10.1. The number of fused-ring (bicyclic) bond motifs is 2. The van der Waals surface area contributed by atoms with E-state index in [2.05, 4.69) is 0 Å². The van der Waals surface area contributed by atoms with Crippen molar-refractivity contribution >= 4 is 5.97 Å². The fraction of sp³-hybridized carbons (Fsp3) is 0.667. The second-order valence-electron chi connectivity index (χ2n) is 3.52. The lowest BCUT2D eigenvalue weighted by Gasteiger charge is -2.11. The SMILES string of the molecule is NCC(=O)OC1=C2CCC(C2)C1. The molecule has 2 aliphatic carbocycles. The first-order valence-corrected chi connectivity index (χ1v) is 4.41. The van der Waals surface area contributed by atoms with E-state index in [0.717, 1.165) is 30.9 Å². The lowest BCUT2D eigenvalue weighted by Crippen LogP contribution is -2.17. The van der Waals surface area contributed by atoms with Gasteiger partial charge in [0.1, 0.15) is 5.76 Å². The lowest BCUT2D eigenvalue weighted by molar-refractivity contribution is -0.138. The maximum Gasteiger partial charge on any atom is 0.324 e. The van der Waals surface area contributed by atoms with Gasteiger partial charge in [-0.25, -0.2) is 0 Å². The third kappa shape index (κ3) is 1.25. The zero-order valence-electron chi connectivity index (χ0n) is 7.01. The van der Waals surface area contributed by atoms with Gasteiger partial charge in [0.05, 0.1) is 6.54 Å². The smallest absolute Gasteiger partial charge is 0.324 e. The van der Waals surface area contributed by atoms with Gasteiger partial charge in [-0.2, -0.15) is 0 Å². The predicted octanol–water partition coefficient (Wildman–Crippen LogP) is 0.946. The minimum absolute atomic E-state index is 0.0125. The Bertz CT molecular complexity index is 245. The van der Waals surface area contributed by atoms with Gasteiger partial charge in [0.2, 0.25) is 0 Å². The van der Waals surface area contributed by atoms with Crippen LogP contribution in [0.25, 0.3) is 0 Å². The number of hydrogen-bond donors (Lipinski definition) is 1. The molecule has 0 saturated heterocycles. The molecule has 1 saturated carbocycles. The van der Waals surface area contributed by atoms with E-state index in [9.17, 15) is 4.79 Å². The highest BCUT2D eigenvalue weighted by molar-refractivity contribution is 5.72. The van der Waals surface area contributed by atoms with Gasteiger partial charge in [0.25, 0.3) is 0 Å². The van der Waals surface area contributed by atoms with Gasteiger partial charge in [-0.05, 0) is 30.8 Å². The first-order chi connectivity index (χ1) is 5.79. The molecule has 12 heavy (non-hydrogen) atoms. The average molecular weight is 167 g/mol. The van der Waals surface area contributed by atoms with Crippen molar-refractivity contribution in [3.8, 4) is 0 Å². The first kappa shape index (κ1) is 7.80. The average Bonchev–Trinajstić information content (AvgIpc) is 2.64. The molecule has 66 valence electrons. The van der Waals surface area contributed by atoms with Gasteiger partial charge in [-0.3, -0.25) is 4.79 Å². The summed E-state index contributed by atoms with van der Waals surface area (Å²) in [5, 5.41) is 0. The van der Waals surface area contributed by atoms with Crippen LogP contribution in [0.3, 0.4) is 0 Å². The van der Waals surface area contributed by atoms with Gasteiger partial charge in [-0.1, -0.05) is 0 Å². The predicted molar refractivity (Wildman–Crippen MR) is 44.1 cm³/mol. The largest absolute Gasteiger partial charge is 0.430 e. The summed E-state index contributed by atoms with van der Waals surface area (Å²) in [4.78, 5) is 10.9. The molecule has 1 unspecified atom stereocenters. The molecule has 2 bridgehead atoms. The summed E-state index contributed by atoms with van der Waals surface area (Å²) in [6.07, 6.45) is 4.51. The van der Waals surface area contributed by atoms with Crippen molar-refractivity contribution in [2.75, 3.05) is 6.54 Å². The minimum Gasteiger partial charge on any atom is -0.430 e. The molecule has 3 nitrogen and oxygen atoms in total. The van der Waals surface area contributed by atoms with E-state index in [1.807, 2.05) is 0 Å². The summed E-state index contributed by atoms with van der Waals surface area (Å²) in [5.41, 5.74) is 6.50. The highest BCUT2D eigenvalue weighted by Crippen LogP contribution is 2.44. The Kier molecular flexibility index (Phi) is 1.89. The maximum atomic E-state index is 10.9. The van der Waals surface area contributed by atoms with Crippen LogP contribution in [0.5, 0.6) is 0 Å². The molecule has 2 aliphatic rings. The van der Waals surface area contributed by atoms with E-state index in [0.29, 0.717) is 0 Å². The highest BCUT2D eigenvalue weighted by Gasteiger charge is 2.32. The zero-order valence-corrected chi connectivity index (χ0v) is 7.01. The number of rotatable bonds is 2. The quantitative estimate of drug-likeness (QED) is 0.623. The van der Waals surface area contributed by atoms with Gasteiger partial charge in [0, 0.05) is 6.42 Å². The second kappa shape index (κ2) is 2.90. The van der Waals surface area contributed by atoms with Crippen molar-refractivity contribution < 1.29 is 9.53 Å². The summed E-state index contributed by atoms with van der Waals surface area (Å²) in [7, 11) is 0. The molecule has 0 aromatic rings. The third-order valence-electron chi connectivity index (χ3n) is 2.66. The summed E-state index contributed by atoms with van der Waals surface area (Å²) >= 11 is 0.